The molecule has 2 heteroatoms. The summed E-state index contributed by atoms with van der Waals surface area (Å²) in [6.07, 6.45) is 0. The molecule has 1 atom stereocenters. The largest absolute Gasteiger partial charge is 0.496 e. The number of nitrogens with one attached hydrogen (secondary N) is 1. The van der Waals surface area contributed by atoms with Gasteiger partial charge >= 0.3 is 0 Å². The summed E-state index contributed by atoms with van der Waals surface area (Å²) >= 11 is 0. The fraction of sp³-hybridized carbons (Fsp3) is 0.571. The zero-order valence-electron chi connectivity index (χ0n) is 11.2. The summed E-state index contributed by atoms with van der Waals surface area (Å²) in [5, 5.41) is 3.38. The fourth-order valence-corrected chi connectivity index (χ4v) is 2.18. The van der Waals surface area contributed by atoms with E-state index in [0.29, 0.717) is 6.04 Å². The third kappa shape index (κ3) is 2.76. The highest BCUT2D eigenvalue weighted by Gasteiger charge is 2.24. The van der Waals surface area contributed by atoms with Crippen LogP contribution in [0.5, 0.6) is 5.75 Å². The Labute approximate surface area is 99.0 Å². The number of methoxy groups -OCH3 is 1. The zero-order valence-corrected chi connectivity index (χ0v) is 11.2. The molecule has 1 aromatic carbocycles. The molecule has 1 aromatic rings. The maximum Gasteiger partial charge on any atom is 0.121 e. The van der Waals surface area contributed by atoms with E-state index < -0.39 is 0 Å². The van der Waals surface area contributed by atoms with E-state index in [1.807, 2.05) is 13.1 Å². The van der Waals surface area contributed by atoms with Crippen LogP contribution in [0.1, 0.15) is 37.9 Å². The lowest BCUT2D eigenvalue weighted by Crippen LogP contribution is -2.29. The third-order valence-corrected chi connectivity index (χ3v) is 2.91. The molecule has 0 saturated carbocycles. The Kier molecular flexibility index (Phi) is 3.98. The molecule has 0 aliphatic heterocycles. The summed E-state index contributed by atoms with van der Waals surface area (Å²) in [5.41, 5.74) is 2.70. The van der Waals surface area contributed by atoms with Gasteiger partial charge in [0.25, 0.3) is 0 Å². The SMILES string of the molecule is CNC(c1ccc(OC)c(C)c1)C(C)(C)C. The molecule has 0 aliphatic carbocycles. The summed E-state index contributed by atoms with van der Waals surface area (Å²) in [5.74, 6) is 0.951. The van der Waals surface area contributed by atoms with Crippen molar-refractivity contribution in [2.75, 3.05) is 14.2 Å². The minimum Gasteiger partial charge on any atom is -0.496 e. The second kappa shape index (κ2) is 4.88. The lowest BCUT2D eigenvalue weighted by atomic mass is 9.82. The molecule has 0 fully saturated rings. The predicted molar refractivity (Wildman–Crippen MR) is 69.0 cm³/mol. The molecule has 0 spiro atoms. The molecule has 0 aromatic heterocycles. The fourth-order valence-electron chi connectivity index (χ4n) is 2.18. The zero-order chi connectivity index (χ0) is 12.3. The monoisotopic (exact) mass is 221 g/mol. The van der Waals surface area contributed by atoms with Gasteiger partial charge in [-0.25, -0.2) is 0 Å². The van der Waals surface area contributed by atoms with Crippen molar-refractivity contribution in [1.82, 2.24) is 5.32 Å². The molecule has 1 N–H and O–H groups in total. The van der Waals surface area contributed by atoms with Crippen molar-refractivity contribution in [2.24, 2.45) is 5.41 Å². The molecule has 1 unspecified atom stereocenters. The molecule has 0 saturated heterocycles. The van der Waals surface area contributed by atoms with Gasteiger partial charge in [-0.1, -0.05) is 32.9 Å². The van der Waals surface area contributed by atoms with Gasteiger partial charge in [0.15, 0.2) is 0 Å². The second-order valence-corrected chi connectivity index (χ2v) is 5.32. The van der Waals surface area contributed by atoms with Crippen LogP contribution in [0.2, 0.25) is 0 Å². The van der Waals surface area contributed by atoms with E-state index in [-0.39, 0.29) is 5.41 Å². The first kappa shape index (κ1) is 13.0. The highest BCUT2D eigenvalue weighted by Crippen LogP contribution is 2.34. The Morgan fingerprint density at radius 3 is 2.25 bits per heavy atom. The highest BCUT2D eigenvalue weighted by atomic mass is 16.5. The summed E-state index contributed by atoms with van der Waals surface area (Å²) in [4.78, 5) is 0. The van der Waals surface area contributed by atoms with Crippen molar-refractivity contribution in [3.63, 3.8) is 0 Å². The van der Waals surface area contributed by atoms with Crippen molar-refractivity contribution >= 4 is 0 Å². The van der Waals surface area contributed by atoms with Crippen molar-refractivity contribution in [2.45, 2.75) is 33.7 Å². The lowest BCUT2D eigenvalue weighted by molar-refractivity contribution is 0.286. The number of rotatable bonds is 3. The number of benzene rings is 1. The van der Waals surface area contributed by atoms with Gasteiger partial charge in [0.05, 0.1) is 7.11 Å². The average molecular weight is 221 g/mol. The Hall–Kier alpha value is -1.02. The van der Waals surface area contributed by atoms with Crippen LogP contribution in [0.25, 0.3) is 0 Å². The first-order valence-electron chi connectivity index (χ1n) is 5.72. The summed E-state index contributed by atoms with van der Waals surface area (Å²) < 4.78 is 5.28. The number of ether oxygens (including phenoxy) is 1. The highest BCUT2D eigenvalue weighted by molar-refractivity contribution is 5.37. The maximum atomic E-state index is 5.28. The Morgan fingerprint density at radius 2 is 1.88 bits per heavy atom. The molecular weight excluding hydrogens is 198 g/mol. The van der Waals surface area contributed by atoms with E-state index in [2.05, 4.69) is 45.1 Å². The predicted octanol–water partition coefficient (Wildman–Crippen LogP) is 3.31. The first-order valence-corrected chi connectivity index (χ1v) is 5.72. The van der Waals surface area contributed by atoms with Gasteiger partial charge in [-0.3, -0.25) is 0 Å². The van der Waals surface area contributed by atoms with Crippen LogP contribution >= 0.6 is 0 Å². The minimum atomic E-state index is 0.204. The van der Waals surface area contributed by atoms with E-state index >= 15 is 0 Å². The number of aryl methyl sites for hydroxylation is 1. The number of hydrogen-bond acceptors (Lipinski definition) is 2. The molecule has 0 heterocycles. The van der Waals surface area contributed by atoms with E-state index in [9.17, 15) is 0 Å². The van der Waals surface area contributed by atoms with Crippen LogP contribution < -0.4 is 10.1 Å². The van der Waals surface area contributed by atoms with Crippen molar-refractivity contribution in [3.05, 3.63) is 29.3 Å². The molecular formula is C14H23NO. The van der Waals surface area contributed by atoms with Gasteiger partial charge in [-0.15, -0.1) is 0 Å². The van der Waals surface area contributed by atoms with Crippen LogP contribution in [-0.4, -0.2) is 14.2 Å². The second-order valence-electron chi connectivity index (χ2n) is 5.32. The van der Waals surface area contributed by atoms with Crippen LogP contribution in [0, 0.1) is 12.3 Å². The number of hydrogen-bond donors (Lipinski definition) is 1. The minimum absolute atomic E-state index is 0.204. The standard InChI is InChI=1S/C14H23NO/c1-10-9-11(7-8-12(10)16-6)13(15-5)14(2,3)4/h7-9,13,15H,1-6H3. The first-order chi connectivity index (χ1) is 7.40. The van der Waals surface area contributed by atoms with Gasteiger partial charge in [0.2, 0.25) is 0 Å². The Balaban J connectivity index is 3.08. The van der Waals surface area contributed by atoms with Crippen LogP contribution in [0.4, 0.5) is 0 Å². The van der Waals surface area contributed by atoms with E-state index in [1.165, 1.54) is 11.1 Å². The average Bonchev–Trinajstić information content (AvgIpc) is 2.17. The summed E-state index contributed by atoms with van der Waals surface area (Å²) in [6, 6.07) is 6.74. The van der Waals surface area contributed by atoms with Gasteiger partial charge in [-0.2, -0.15) is 0 Å². The van der Waals surface area contributed by atoms with Gasteiger partial charge < -0.3 is 10.1 Å². The quantitative estimate of drug-likeness (QED) is 0.845. The Bertz CT molecular complexity index is 352. The topological polar surface area (TPSA) is 21.3 Å². The van der Waals surface area contributed by atoms with Gasteiger partial charge in [0, 0.05) is 6.04 Å². The van der Waals surface area contributed by atoms with Crippen molar-refractivity contribution in [3.8, 4) is 5.75 Å². The van der Waals surface area contributed by atoms with Crippen LogP contribution in [0.3, 0.4) is 0 Å². The molecule has 1 rings (SSSR count). The summed E-state index contributed by atoms with van der Waals surface area (Å²) in [6.45, 7) is 8.81. The summed E-state index contributed by atoms with van der Waals surface area (Å²) in [7, 11) is 3.72. The maximum absolute atomic E-state index is 5.28. The van der Waals surface area contributed by atoms with Crippen molar-refractivity contribution in [1.29, 1.82) is 0 Å². The van der Waals surface area contributed by atoms with Crippen LogP contribution in [0.15, 0.2) is 18.2 Å². The Morgan fingerprint density at radius 1 is 1.25 bits per heavy atom. The van der Waals surface area contributed by atoms with Gasteiger partial charge in [-0.05, 0) is 36.6 Å². The molecule has 2 nitrogen and oxygen atoms in total. The van der Waals surface area contributed by atoms with E-state index in [1.54, 1.807) is 7.11 Å². The van der Waals surface area contributed by atoms with E-state index in [4.69, 9.17) is 4.74 Å². The molecule has 0 amide bonds. The smallest absolute Gasteiger partial charge is 0.121 e. The molecule has 0 radical (unpaired) electrons. The molecule has 16 heavy (non-hydrogen) atoms. The molecule has 0 aliphatic rings. The van der Waals surface area contributed by atoms with Crippen LogP contribution in [-0.2, 0) is 0 Å². The van der Waals surface area contributed by atoms with Crippen molar-refractivity contribution < 1.29 is 4.74 Å². The van der Waals surface area contributed by atoms with E-state index in [0.717, 1.165) is 5.75 Å². The normalized spacial score (nSPS) is 13.6. The molecule has 90 valence electrons. The lowest BCUT2D eigenvalue weighted by Gasteiger charge is -2.31. The third-order valence-electron chi connectivity index (χ3n) is 2.91. The molecule has 0 bridgehead atoms. The van der Waals surface area contributed by atoms with Gasteiger partial charge in [0.1, 0.15) is 5.75 Å².